The monoisotopic (exact) mass is 437 g/mol. The number of pyridine rings is 1. The molecule has 0 bridgehead atoms. The summed E-state index contributed by atoms with van der Waals surface area (Å²) in [4.78, 5) is 28.2. The molecular formula is C24H27N3O5. The minimum absolute atomic E-state index is 0.0742. The second kappa shape index (κ2) is 9.84. The van der Waals surface area contributed by atoms with Gasteiger partial charge in [0, 0.05) is 60.5 Å². The predicted octanol–water partition coefficient (Wildman–Crippen LogP) is 2.60. The van der Waals surface area contributed by atoms with E-state index in [4.69, 9.17) is 14.2 Å². The van der Waals surface area contributed by atoms with Crippen molar-refractivity contribution in [2.45, 2.75) is 6.54 Å². The van der Waals surface area contributed by atoms with Crippen molar-refractivity contribution in [1.82, 2.24) is 9.47 Å². The summed E-state index contributed by atoms with van der Waals surface area (Å²) in [7, 11) is 3.07. The van der Waals surface area contributed by atoms with Gasteiger partial charge in [-0.1, -0.05) is 6.07 Å². The average molecular weight is 437 g/mol. The van der Waals surface area contributed by atoms with Gasteiger partial charge in [0.05, 0.1) is 27.4 Å². The van der Waals surface area contributed by atoms with Crippen molar-refractivity contribution in [3.63, 3.8) is 0 Å². The summed E-state index contributed by atoms with van der Waals surface area (Å²) in [5.41, 5.74) is 0.902. The van der Waals surface area contributed by atoms with E-state index < -0.39 is 0 Å². The Balaban J connectivity index is 1.56. The second-order valence-electron chi connectivity index (χ2n) is 7.59. The Kier molecular flexibility index (Phi) is 6.72. The molecule has 168 valence electrons. The number of methoxy groups -OCH3 is 2. The zero-order valence-corrected chi connectivity index (χ0v) is 18.3. The molecule has 2 aromatic carbocycles. The molecule has 1 saturated heterocycles. The number of nitrogens with one attached hydrogen (secondary N) is 1. The highest BCUT2D eigenvalue weighted by Crippen LogP contribution is 2.25. The maximum atomic E-state index is 13.1. The van der Waals surface area contributed by atoms with Crippen LogP contribution in [0.3, 0.4) is 0 Å². The second-order valence-corrected chi connectivity index (χ2v) is 7.59. The minimum atomic E-state index is -0.314. The van der Waals surface area contributed by atoms with Crippen LogP contribution in [0, 0.1) is 0 Å². The fourth-order valence-electron chi connectivity index (χ4n) is 3.81. The molecule has 8 heteroatoms. The number of nitrogens with zero attached hydrogens (tertiary/aromatic N) is 2. The number of carbonyl (C=O) groups excluding carboxylic acids is 1. The summed E-state index contributed by atoms with van der Waals surface area (Å²) in [6.45, 7) is 4.63. The van der Waals surface area contributed by atoms with E-state index in [1.165, 1.54) is 14.2 Å². The molecule has 1 aliphatic heterocycles. The van der Waals surface area contributed by atoms with E-state index >= 15 is 0 Å². The Bertz CT molecular complexity index is 1150. The van der Waals surface area contributed by atoms with E-state index in [0.29, 0.717) is 40.1 Å². The first kappa shape index (κ1) is 21.9. The lowest BCUT2D eigenvalue weighted by molar-refractivity contribution is 0.0363. The molecule has 2 heterocycles. The molecule has 0 aliphatic carbocycles. The lowest BCUT2D eigenvalue weighted by atomic mass is 10.1. The Morgan fingerprint density at radius 3 is 2.41 bits per heavy atom. The number of ether oxygens (including phenoxy) is 3. The Morgan fingerprint density at radius 2 is 1.72 bits per heavy atom. The van der Waals surface area contributed by atoms with E-state index in [1.54, 1.807) is 47.2 Å². The van der Waals surface area contributed by atoms with Crippen LogP contribution in [0.25, 0.3) is 10.8 Å². The quantitative estimate of drug-likeness (QED) is 0.612. The SMILES string of the molecule is COc1cc(OC)cc(C(=O)Nc2cccc3c(=O)n(CCN4CCOCC4)ccc23)c1. The summed E-state index contributed by atoms with van der Waals surface area (Å²) in [6, 6.07) is 12.2. The number of anilines is 1. The average Bonchev–Trinajstić information content (AvgIpc) is 2.84. The summed E-state index contributed by atoms with van der Waals surface area (Å²) >= 11 is 0. The van der Waals surface area contributed by atoms with Gasteiger partial charge in [-0.2, -0.15) is 0 Å². The van der Waals surface area contributed by atoms with Gasteiger partial charge in [0.1, 0.15) is 11.5 Å². The highest BCUT2D eigenvalue weighted by molar-refractivity contribution is 6.09. The van der Waals surface area contributed by atoms with Gasteiger partial charge in [0.2, 0.25) is 0 Å². The Labute approximate surface area is 186 Å². The van der Waals surface area contributed by atoms with E-state index in [0.717, 1.165) is 32.8 Å². The first-order chi connectivity index (χ1) is 15.6. The predicted molar refractivity (Wildman–Crippen MR) is 123 cm³/mol. The third kappa shape index (κ3) is 4.76. The van der Waals surface area contributed by atoms with Gasteiger partial charge in [0.15, 0.2) is 0 Å². The topological polar surface area (TPSA) is 82.0 Å². The maximum absolute atomic E-state index is 13.1. The normalized spacial score (nSPS) is 14.3. The van der Waals surface area contributed by atoms with Crippen LogP contribution in [0.4, 0.5) is 5.69 Å². The van der Waals surface area contributed by atoms with Gasteiger partial charge in [0.25, 0.3) is 11.5 Å². The Hall–Kier alpha value is -3.36. The highest BCUT2D eigenvalue weighted by atomic mass is 16.5. The fourth-order valence-corrected chi connectivity index (χ4v) is 3.81. The molecule has 1 N–H and O–H groups in total. The van der Waals surface area contributed by atoms with Gasteiger partial charge < -0.3 is 24.1 Å². The van der Waals surface area contributed by atoms with Crippen LogP contribution < -0.4 is 20.3 Å². The smallest absolute Gasteiger partial charge is 0.258 e. The molecule has 1 aromatic heterocycles. The minimum Gasteiger partial charge on any atom is -0.497 e. The van der Waals surface area contributed by atoms with Crippen molar-refractivity contribution >= 4 is 22.4 Å². The van der Waals surface area contributed by atoms with Crippen molar-refractivity contribution in [2.75, 3.05) is 52.4 Å². The molecule has 0 unspecified atom stereocenters. The number of aromatic nitrogens is 1. The van der Waals surface area contributed by atoms with Gasteiger partial charge in [-0.25, -0.2) is 0 Å². The number of benzene rings is 2. The number of carbonyl (C=O) groups is 1. The van der Waals surface area contributed by atoms with Gasteiger partial charge in [-0.3, -0.25) is 14.5 Å². The van der Waals surface area contributed by atoms with Crippen LogP contribution >= 0.6 is 0 Å². The summed E-state index contributed by atoms with van der Waals surface area (Å²) in [5.74, 6) is 0.734. The van der Waals surface area contributed by atoms with Crippen molar-refractivity contribution < 1.29 is 19.0 Å². The van der Waals surface area contributed by atoms with Crippen LogP contribution in [0.1, 0.15) is 10.4 Å². The molecule has 0 spiro atoms. The van der Waals surface area contributed by atoms with Crippen LogP contribution in [-0.4, -0.2) is 62.4 Å². The number of hydrogen-bond acceptors (Lipinski definition) is 6. The molecule has 32 heavy (non-hydrogen) atoms. The van der Waals surface area contributed by atoms with Crippen LogP contribution in [0.5, 0.6) is 11.5 Å². The van der Waals surface area contributed by atoms with Crippen molar-refractivity contribution in [1.29, 1.82) is 0 Å². The van der Waals surface area contributed by atoms with Crippen LogP contribution in [0.15, 0.2) is 53.5 Å². The van der Waals surface area contributed by atoms with Gasteiger partial charge in [-0.05, 0) is 30.3 Å². The molecule has 0 saturated carbocycles. The first-order valence-electron chi connectivity index (χ1n) is 10.6. The number of fused-ring (bicyclic) bond motifs is 1. The number of amides is 1. The molecule has 1 amide bonds. The molecule has 3 aromatic rings. The standard InChI is InChI=1S/C24H27N3O5/c1-30-18-14-17(15-19(16-18)31-2)23(28)25-22-5-3-4-21-20(22)6-7-27(24(21)29)9-8-26-10-12-32-13-11-26/h3-7,14-16H,8-13H2,1-2H3,(H,25,28). The Morgan fingerprint density at radius 1 is 1.00 bits per heavy atom. The summed E-state index contributed by atoms with van der Waals surface area (Å²) < 4.78 is 17.6. The largest absolute Gasteiger partial charge is 0.497 e. The molecule has 8 nitrogen and oxygen atoms in total. The lowest BCUT2D eigenvalue weighted by Gasteiger charge is -2.26. The third-order valence-corrected chi connectivity index (χ3v) is 5.64. The maximum Gasteiger partial charge on any atom is 0.258 e. The lowest BCUT2D eigenvalue weighted by Crippen LogP contribution is -2.39. The summed E-state index contributed by atoms with van der Waals surface area (Å²) in [6.07, 6.45) is 1.79. The molecular weight excluding hydrogens is 410 g/mol. The highest BCUT2D eigenvalue weighted by Gasteiger charge is 2.14. The number of rotatable bonds is 7. The van der Waals surface area contributed by atoms with E-state index in [1.807, 2.05) is 6.07 Å². The van der Waals surface area contributed by atoms with Crippen LogP contribution in [-0.2, 0) is 11.3 Å². The molecule has 4 rings (SSSR count). The van der Waals surface area contributed by atoms with Gasteiger partial charge in [-0.15, -0.1) is 0 Å². The third-order valence-electron chi connectivity index (χ3n) is 5.64. The van der Waals surface area contributed by atoms with Crippen molar-refractivity contribution in [3.05, 3.63) is 64.6 Å². The van der Waals surface area contributed by atoms with Crippen molar-refractivity contribution in [2.24, 2.45) is 0 Å². The van der Waals surface area contributed by atoms with Crippen LogP contribution in [0.2, 0.25) is 0 Å². The number of hydrogen-bond donors (Lipinski definition) is 1. The first-order valence-corrected chi connectivity index (χ1v) is 10.6. The number of morpholine rings is 1. The van der Waals surface area contributed by atoms with Crippen molar-refractivity contribution in [3.8, 4) is 11.5 Å². The van der Waals surface area contributed by atoms with E-state index in [9.17, 15) is 9.59 Å². The molecule has 1 aliphatic rings. The molecule has 0 atom stereocenters. The fraction of sp³-hybridized carbons (Fsp3) is 0.333. The molecule has 1 fully saturated rings. The zero-order chi connectivity index (χ0) is 22.5. The van der Waals surface area contributed by atoms with E-state index in [-0.39, 0.29) is 11.5 Å². The zero-order valence-electron chi connectivity index (χ0n) is 18.3. The molecule has 0 radical (unpaired) electrons. The summed E-state index contributed by atoms with van der Waals surface area (Å²) in [5, 5.41) is 4.18. The van der Waals surface area contributed by atoms with Gasteiger partial charge >= 0.3 is 0 Å². The van der Waals surface area contributed by atoms with E-state index in [2.05, 4.69) is 10.2 Å².